The highest BCUT2D eigenvalue weighted by Gasteiger charge is 2.14. The molecule has 2 nitrogen and oxygen atoms in total. The molecule has 0 fully saturated rings. The van der Waals surface area contributed by atoms with E-state index in [4.69, 9.17) is 4.74 Å². The number of nitrogens with one attached hydrogen (secondary N) is 1. The third kappa shape index (κ3) is 2.51. The molecule has 0 unspecified atom stereocenters. The predicted octanol–water partition coefficient (Wildman–Crippen LogP) is 2.16. The fourth-order valence-corrected chi connectivity index (χ4v) is 2.13. The van der Waals surface area contributed by atoms with E-state index in [1.165, 1.54) is 30.4 Å². The van der Waals surface area contributed by atoms with E-state index in [1.54, 1.807) is 0 Å². The second-order valence-corrected chi connectivity index (χ2v) is 3.95. The number of rotatable bonds is 5. The second-order valence-electron chi connectivity index (χ2n) is 3.95. The topological polar surface area (TPSA) is 21.3 Å². The van der Waals surface area contributed by atoms with Crippen LogP contribution >= 0.6 is 0 Å². The van der Waals surface area contributed by atoms with E-state index in [-0.39, 0.29) is 0 Å². The Bertz CT molecular complexity index is 322. The van der Waals surface area contributed by atoms with Gasteiger partial charge in [-0.3, -0.25) is 0 Å². The van der Waals surface area contributed by atoms with Gasteiger partial charge in [0.05, 0.1) is 0 Å². The van der Waals surface area contributed by atoms with Crippen molar-refractivity contribution in [2.75, 3.05) is 19.7 Å². The molecule has 1 aromatic carbocycles. The third-order valence-electron chi connectivity index (χ3n) is 2.89. The van der Waals surface area contributed by atoms with E-state index in [9.17, 15) is 0 Å². The highest BCUT2D eigenvalue weighted by Crippen LogP contribution is 2.30. The van der Waals surface area contributed by atoms with Crippen LogP contribution in [0.4, 0.5) is 0 Å². The summed E-state index contributed by atoms with van der Waals surface area (Å²) in [6.45, 7) is 4.82. The fourth-order valence-electron chi connectivity index (χ4n) is 2.13. The molecular weight excluding hydrogens is 186 g/mol. The van der Waals surface area contributed by atoms with Crippen LogP contribution in [0.3, 0.4) is 0 Å². The van der Waals surface area contributed by atoms with Crippen molar-refractivity contribution in [2.45, 2.75) is 26.2 Å². The number of hydrogen-bond donors (Lipinski definition) is 1. The standard InChI is InChI=1S/C13H19NO/c1-2-14-9-10-15-13-8-4-6-11-5-3-7-12(11)13/h4,6,8,14H,2-3,5,7,9-10H2,1H3. The molecule has 82 valence electrons. The minimum absolute atomic E-state index is 0.768. The van der Waals surface area contributed by atoms with Crippen molar-refractivity contribution in [3.05, 3.63) is 29.3 Å². The van der Waals surface area contributed by atoms with Crippen LogP contribution in [0.15, 0.2) is 18.2 Å². The fraction of sp³-hybridized carbons (Fsp3) is 0.538. The molecule has 1 aliphatic rings. The zero-order valence-electron chi connectivity index (χ0n) is 9.38. The number of hydrogen-bond acceptors (Lipinski definition) is 2. The molecule has 0 bridgehead atoms. The Labute approximate surface area is 91.6 Å². The second kappa shape index (κ2) is 5.17. The number of likely N-dealkylation sites (N-methyl/N-ethyl adjacent to an activating group) is 1. The van der Waals surface area contributed by atoms with Gasteiger partial charge in [0.2, 0.25) is 0 Å². The maximum Gasteiger partial charge on any atom is 0.122 e. The summed E-state index contributed by atoms with van der Waals surface area (Å²) in [5, 5.41) is 3.26. The number of ether oxygens (including phenoxy) is 1. The lowest BCUT2D eigenvalue weighted by Gasteiger charge is -2.10. The summed E-state index contributed by atoms with van der Waals surface area (Å²) in [5.41, 5.74) is 2.92. The Hall–Kier alpha value is -1.02. The molecule has 0 atom stereocenters. The van der Waals surface area contributed by atoms with E-state index >= 15 is 0 Å². The predicted molar refractivity (Wildman–Crippen MR) is 62.5 cm³/mol. The maximum absolute atomic E-state index is 5.79. The molecular formula is C13H19NO. The lowest BCUT2D eigenvalue weighted by molar-refractivity contribution is 0.312. The van der Waals surface area contributed by atoms with E-state index < -0.39 is 0 Å². The van der Waals surface area contributed by atoms with Crippen molar-refractivity contribution in [3.8, 4) is 5.75 Å². The van der Waals surface area contributed by atoms with Crippen molar-refractivity contribution < 1.29 is 4.74 Å². The Morgan fingerprint density at radius 1 is 1.33 bits per heavy atom. The van der Waals surface area contributed by atoms with Crippen LogP contribution in [0.5, 0.6) is 5.75 Å². The van der Waals surface area contributed by atoms with Crippen molar-refractivity contribution in [1.82, 2.24) is 5.32 Å². The molecule has 0 heterocycles. The van der Waals surface area contributed by atoms with Gasteiger partial charge in [0, 0.05) is 6.54 Å². The van der Waals surface area contributed by atoms with Gasteiger partial charge < -0.3 is 10.1 Å². The molecule has 0 aromatic heterocycles. The first kappa shape index (κ1) is 10.5. The van der Waals surface area contributed by atoms with Gasteiger partial charge in [0.25, 0.3) is 0 Å². The average Bonchev–Trinajstić information content (AvgIpc) is 2.73. The Balaban J connectivity index is 1.94. The minimum atomic E-state index is 0.768. The van der Waals surface area contributed by atoms with Gasteiger partial charge in [-0.2, -0.15) is 0 Å². The number of benzene rings is 1. The van der Waals surface area contributed by atoms with Crippen molar-refractivity contribution in [2.24, 2.45) is 0 Å². The molecule has 2 heteroatoms. The molecule has 1 aromatic rings. The summed E-state index contributed by atoms with van der Waals surface area (Å²) in [7, 11) is 0. The van der Waals surface area contributed by atoms with Crippen LogP contribution in [-0.2, 0) is 12.8 Å². The lowest BCUT2D eigenvalue weighted by atomic mass is 10.1. The van der Waals surface area contributed by atoms with Gasteiger partial charge in [0.1, 0.15) is 12.4 Å². The van der Waals surface area contributed by atoms with Gasteiger partial charge in [-0.15, -0.1) is 0 Å². The summed E-state index contributed by atoms with van der Waals surface area (Å²) in [6.07, 6.45) is 3.69. The zero-order chi connectivity index (χ0) is 10.5. The molecule has 1 N–H and O–H groups in total. The lowest BCUT2D eigenvalue weighted by Crippen LogP contribution is -2.20. The third-order valence-corrected chi connectivity index (χ3v) is 2.89. The first-order chi connectivity index (χ1) is 7.42. The number of aryl methyl sites for hydroxylation is 1. The smallest absolute Gasteiger partial charge is 0.122 e. The van der Waals surface area contributed by atoms with Gasteiger partial charge in [-0.1, -0.05) is 19.1 Å². The van der Waals surface area contributed by atoms with Gasteiger partial charge in [-0.25, -0.2) is 0 Å². The highest BCUT2D eigenvalue weighted by molar-refractivity contribution is 5.42. The monoisotopic (exact) mass is 205 g/mol. The van der Waals surface area contributed by atoms with Crippen LogP contribution < -0.4 is 10.1 Å². The Morgan fingerprint density at radius 2 is 2.27 bits per heavy atom. The van der Waals surface area contributed by atoms with Crippen LogP contribution in [0, 0.1) is 0 Å². The molecule has 0 spiro atoms. The molecule has 0 aliphatic heterocycles. The van der Waals surface area contributed by atoms with Gasteiger partial charge >= 0.3 is 0 Å². The van der Waals surface area contributed by atoms with E-state index in [0.717, 1.165) is 25.4 Å². The molecule has 0 saturated heterocycles. The quantitative estimate of drug-likeness (QED) is 0.744. The van der Waals surface area contributed by atoms with Crippen molar-refractivity contribution >= 4 is 0 Å². The van der Waals surface area contributed by atoms with E-state index in [1.807, 2.05) is 0 Å². The van der Waals surface area contributed by atoms with Crippen LogP contribution in [0.25, 0.3) is 0 Å². The average molecular weight is 205 g/mol. The molecule has 15 heavy (non-hydrogen) atoms. The summed E-state index contributed by atoms with van der Waals surface area (Å²) < 4.78 is 5.79. The molecule has 0 radical (unpaired) electrons. The molecule has 0 saturated carbocycles. The normalized spacial score (nSPS) is 13.9. The summed E-state index contributed by atoms with van der Waals surface area (Å²) >= 11 is 0. The van der Waals surface area contributed by atoms with Gasteiger partial charge in [0.15, 0.2) is 0 Å². The Kier molecular flexibility index (Phi) is 3.62. The first-order valence-corrected chi connectivity index (χ1v) is 5.86. The van der Waals surface area contributed by atoms with Crippen LogP contribution in [0.1, 0.15) is 24.5 Å². The largest absolute Gasteiger partial charge is 0.492 e. The van der Waals surface area contributed by atoms with Crippen LogP contribution in [-0.4, -0.2) is 19.7 Å². The molecule has 2 rings (SSSR count). The van der Waals surface area contributed by atoms with Crippen molar-refractivity contribution in [3.63, 3.8) is 0 Å². The summed E-state index contributed by atoms with van der Waals surface area (Å²) in [4.78, 5) is 0. The SMILES string of the molecule is CCNCCOc1cccc2c1CCC2. The maximum atomic E-state index is 5.79. The zero-order valence-corrected chi connectivity index (χ0v) is 9.38. The summed E-state index contributed by atoms with van der Waals surface area (Å²) in [6, 6.07) is 6.42. The number of fused-ring (bicyclic) bond motifs is 1. The van der Waals surface area contributed by atoms with E-state index in [2.05, 4.69) is 30.4 Å². The Morgan fingerprint density at radius 3 is 3.13 bits per heavy atom. The first-order valence-electron chi connectivity index (χ1n) is 5.86. The molecule has 0 amide bonds. The van der Waals surface area contributed by atoms with Crippen molar-refractivity contribution in [1.29, 1.82) is 0 Å². The minimum Gasteiger partial charge on any atom is -0.492 e. The van der Waals surface area contributed by atoms with Gasteiger partial charge in [-0.05, 0) is 43.0 Å². The summed E-state index contributed by atoms with van der Waals surface area (Å²) in [5.74, 6) is 1.10. The molecule has 1 aliphatic carbocycles. The highest BCUT2D eigenvalue weighted by atomic mass is 16.5. The van der Waals surface area contributed by atoms with Crippen LogP contribution in [0.2, 0.25) is 0 Å². The van der Waals surface area contributed by atoms with E-state index in [0.29, 0.717) is 0 Å².